The van der Waals surface area contributed by atoms with Crippen molar-refractivity contribution in [3.05, 3.63) is 16.1 Å². The first-order valence-corrected chi connectivity index (χ1v) is 6.36. The van der Waals surface area contributed by atoms with E-state index in [4.69, 9.17) is 0 Å². The third-order valence-corrected chi connectivity index (χ3v) is 3.67. The molecule has 0 aliphatic carbocycles. The molecule has 0 saturated heterocycles. The maximum absolute atomic E-state index is 4.45. The summed E-state index contributed by atoms with van der Waals surface area (Å²) < 4.78 is 0. The van der Waals surface area contributed by atoms with Crippen molar-refractivity contribution < 1.29 is 0 Å². The minimum absolute atomic E-state index is 0.631. The van der Waals surface area contributed by atoms with Gasteiger partial charge in [-0.3, -0.25) is 0 Å². The number of hydrogen-bond donors (Lipinski definition) is 0. The molecule has 0 atom stereocenters. The highest BCUT2D eigenvalue weighted by Crippen LogP contribution is 2.23. The van der Waals surface area contributed by atoms with Crippen LogP contribution < -0.4 is 0 Å². The minimum atomic E-state index is 0.631. The van der Waals surface area contributed by atoms with Gasteiger partial charge in [-0.15, -0.1) is 11.3 Å². The van der Waals surface area contributed by atoms with Crippen LogP contribution in [-0.4, -0.2) is 4.98 Å². The Hall–Kier alpha value is -0.370. The van der Waals surface area contributed by atoms with E-state index in [-0.39, 0.29) is 0 Å². The molecule has 1 aromatic heterocycles. The van der Waals surface area contributed by atoms with E-state index in [2.05, 4.69) is 32.7 Å². The fourth-order valence-corrected chi connectivity index (χ4v) is 2.33. The molecule has 1 nitrogen and oxygen atoms in total. The lowest BCUT2D eigenvalue weighted by atomic mass is 10.1. The van der Waals surface area contributed by atoms with Gasteiger partial charge in [0.25, 0.3) is 0 Å². The van der Waals surface area contributed by atoms with Gasteiger partial charge >= 0.3 is 0 Å². The Morgan fingerprint density at radius 2 is 2.00 bits per heavy atom. The van der Waals surface area contributed by atoms with Gasteiger partial charge in [0.05, 0.1) is 5.01 Å². The van der Waals surface area contributed by atoms with E-state index in [0.717, 1.165) is 12.3 Å². The summed E-state index contributed by atoms with van der Waals surface area (Å²) in [6.45, 7) is 9.01. The van der Waals surface area contributed by atoms with Crippen LogP contribution in [0.4, 0.5) is 0 Å². The predicted molar refractivity (Wildman–Crippen MR) is 64.0 cm³/mol. The van der Waals surface area contributed by atoms with E-state index >= 15 is 0 Å². The quantitative estimate of drug-likeness (QED) is 0.709. The summed E-state index contributed by atoms with van der Waals surface area (Å²) in [4.78, 5) is 5.87. The molecular formula is C12H21NS. The van der Waals surface area contributed by atoms with Crippen LogP contribution in [-0.2, 0) is 6.42 Å². The molecule has 0 aromatic carbocycles. The molecule has 1 rings (SSSR count). The highest BCUT2D eigenvalue weighted by atomic mass is 32.1. The van der Waals surface area contributed by atoms with E-state index in [1.165, 1.54) is 22.7 Å². The Bertz CT molecular complexity index is 263. The van der Waals surface area contributed by atoms with Crippen LogP contribution >= 0.6 is 11.3 Å². The van der Waals surface area contributed by atoms with Crippen molar-refractivity contribution >= 4 is 11.3 Å². The van der Waals surface area contributed by atoms with Crippen molar-refractivity contribution in [3.63, 3.8) is 0 Å². The zero-order chi connectivity index (χ0) is 10.6. The molecule has 0 bridgehead atoms. The number of nitrogens with zero attached hydrogens (tertiary/aromatic N) is 1. The summed E-state index contributed by atoms with van der Waals surface area (Å²) in [5.41, 5.74) is 0. The fraction of sp³-hybridized carbons (Fsp3) is 0.750. The second kappa shape index (κ2) is 5.50. The first-order chi connectivity index (χ1) is 6.59. The lowest BCUT2D eigenvalue weighted by molar-refractivity contribution is 0.555. The molecule has 0 aliphatic heterocycles. The summed E-state index contributed by atoms with van der Waals surface area (Å²) in [6, 6.07) is 0. The second-order valence-electron chi connectivity index (χ2n) is 4.60. The van der Waals surface area contributed by atoms with E-state index < -0.39 is 0 Å². The largest absolute Gasteiger partial charge is 0.249 e. The number of aryl methyl sites for hydroxylation is 1. The predicted octanol–water partition coefficient (Wildman–Crippen LogP) is 4.25. The standard InChI is InChI=1S/C12H21NS/c1-9(2)6-5-7-12-13-8-11(14-12)10(3)4/h8-10H,5-7H2,1-4H3. The molecule has 0 radical (unpaired) electrons. The van der Waals surface area contributed by atoms with Gasteiger partial charge in [-0.2, -0.15) is 0 Å². The Morgan fingerprint density at radius 1 is 1.29 bits per heavy atom. The van der Waals surface area contributed by atoms with Crippen LogP contribution in [0.15, 0.2) is 6.20 Å². The first kappa shape index (κ1) is 11.7. The Balaban J connectivity index is 2.36. The summed E-state index contributed by atoms with van der Waals surface area (Å²) in [7, 11) is 0. The average Bonchev–Trinajstić information content (AvgIpc) is 2.52. The van der Waals surface area contributed by atoms with E-state index in [9.17, 15) is 0 Å². The van der Waals surface area contributed by atoms with Crippen molar-refractivity contribution in [1.29, 1.82) is 0 Å². The van der Waals surface area contributed by atoms with E-state index in [1.807, 2.05) is 17.5 Å². The maximum Gasteiger partial charge on any atom is 0.0927 e. The zero-order valence-corrected chi connectivity index (χ0v) is 10.5. The van der Waals surface area contributed by atoms with Crippen LogP contribution in [0.3, 0.4) is 0 Å². The first-order valence-electron chi connectivity index (χ1n) is 5.54. The van der Waals surface area contributed by atoms with Crippen LogP contribution in [0, 0.1) is 5.92 Å². The third kappa shape index (κ3) is 3.79. The SMILES string of the molecule is CC(C)CCCc1ncc(C(C)C)s1. The maximum atomic E-state index is 4.45. The van der Waals surface area contributed by atoms with Gasteiger partial charge in [-0.25, -0.2) is 4.98 Å². The lowest BCUT2D eigenvalue weighted by Gasteiger charge is -2.01. The third-order valence-electron chi connectivity index (χ3n) is 2.31. The molecule has 1 aromatic rings. The smallest absolute Gasteiger partial charge is 0.0927 e. The van der Waals surface area contributed by atoms with Gasteiger partial charge in [0.1, 0.15) is 0 Å². The second-order valence-corrected chi connectivity index (χ2v) is 5.74. The molecular weight excluding hydrogens is 190 g/mol. The Labute approximate surface area is 91.6 Å². The molecule has 2 heteroatoms. The number of hydrogen-bond acceptors (Lipinski definition) is 2. The molecule has 0 amide bonds. The molecule has 0 unspecified atom stereocenters. The lowest BCUT2D eigenvalue weighted by Crippen LogP contribution is -1.89. The summed E-state index contributed by atoms with van der Waals surface area (Å²) in [5.74, 6) is 1.45. The monoisotopic (exact) mass is 211 g/mol. The Morgan fingerprint density at radius 3 is 2.50 bits per heavy atom. The van der Waals surface area contributed by atoms with Gasteiger partial charge in [0, 0.05) is 11.1 Å². The zero-order valence-electron chi connectivity index (χ0n) is 9.71. The molecule has 80 valence electrons. The molecule has 0 aliphatic rings. The summed E-state index contributed by atoms with van der Waals surface area (Å²) in [6.07, 6.45) is 5.80. The highest BCUT2D eigenvalue weighted by molar-refractivity contribution is 7.11. The summed E-state index contributed by atoms with van der Waals surface area (Å²) in [5, 5.41) is 1.31. The number of aromatic nitrogens is 1. The van der Waals surface area contributed by atoms with Crippen molar-refractivity contribution in [1.82, 2.24) is 4.98 Å². The molecule has 0 saturated carbocycles. The average molecular weight is 211 g/mol. The fourth-order valence-electron chi connectivity index (χ4n) is 1.37. The van der Waals surface area contributed by atoms with E-state index in [1.54, 1.807) is 0 Å². The van der Waals surface area contributed by atoms with Crippen LogP contribution in [0.25, 0.3) is 0 Å². The van der Waals surface area contributed by atoms with Crippen LogP contribution in [0.1, 0.15) is 56.3 Å². The molecule has 0 fully saturated rings. The van der Waals surface area contributed by atoms with Crippen molar-refractivity contribution in [2.75, 3.05) is 0 Å². The van der Waals surface area contributed by atoms with Crippen LogP contribution in [0.5, 0.6) is 0 Å². The van der Waals surface area contributed by atoms with Crippen molar-refractivity contribution in [2.24, 2.45) is 5.92 Å². The van der Waals surface area contributed by atoms with Crippen molar-refractivity contribution in [3.8, 4) is 0 Å². The van der Waals surface area contributed by atoms with Crippen molar-refractivity contribution in [2.45, 2.75) is 52.9 Å². The number of thiazole rings is 1. The molecule has 1 heterocycles. The number of rotatable bonds is 5. The molecule has 14 heavy (non-hydrogen) atoms. The van der Waals surface area contributed by atoms with Gasteiger partial charge in [-0.1, -0.05) is 34.1 Å². The van der Waals surface area contributed by atoms with E-state index in [0.29, 0.717) is 5.92 Å². The van der Waals surface area contributed by atoms with Gasteiger partial charge in [0.2, 0.25) is 0 Å². The summed E-state index contributed by atoms with van der Waals surface area (Å²) >= 11 is 1.88. The molecule has 0 spiro atoms. The topological polar surface area (TPSA) is 12.9 Å². The van der Waals surface area contributed by atoms with Gasteiger partial charge < -0.3 is 0 Å². The van der Waals surface area contributed by atoms with Gasteiger partial charge in [-0.05, 0) is 24.7 Å². The Kier molecular flexibility index (Phi) is 4.59. The highest BCUT2D eigenvalue weighted by Gasteiger charge is 2.05. The minimum Gasteiger partial charge on any atom is -0.249 e. The van der Waals surface area contributed by atoms with Gasteiger partial charge in [0.15, 0.2) is 0 Å². The normalized spacial score (nSPS) is 11.6. The van der Waals surface area contributed by atoms with Crippen LogP contribution in [0.2, 0.25) is 0 Å². The molecule has 0 N–H and O–H groups in total.